The van der Waals surface area contributed by atoms with Gasteiger partial charge < -0.3 is 107 Å². The van der Waals surface area contributed by atoms with Gasteiger partial charge in [0.05, 0.1) is 107 Å². The number of aromatic nitrogens is 2. The molecule has 11 amide bonds. The van der Waals surface area contributed by atoms with Crippen molar-refractivity contribution in [3.8, 4) is 11.4 Å². The maximum atomic E-state index is 15.6. The van der Waals surface area contributed by atoms with Crippen molar-refractivity contribution < 1.29 is 119 Å². The number of nitrogens with two attached hydrogens (primary N) is 2. The third-order valence-electron chi connectivity index (χ3n) is 20.1. The molecule has 4 aromatic rings. The molecule has 40 nitrogen and oxygen atoms in total. The van der Waals surface area contributed by atoms with E-state index in [2.05, 4.69) is 47.5 Å². The summed E-state index contributed by atoms with van der Waals surface area (Å²) in [7, 11) is -4.48. The third-order valence-corrected chi connectivity index (χ3v) is 20.9. The Labute approximate surface area is 675 Å². The molecule has 640 valence electrons. The smallest absolute Gasteiger partial charge is 0.410 e. The molecular formula is C76H99FN15O25P. The van der Waals surface area contributed by atoms with E-state index in [1.807, 2.05) is 0 Å². The summed E-state index contributed by atoms with van der Waals surface area (Å²) in [5.41, 5.74) is 12.7. The van der Waals surface area contributed by atoms with Gasteiger partial charge in [-0.2, -0.15) is 0 Å². The Bertz CT molecular complexity index is 4630. The Morgan fingerprint density at radius 3 is 2.07 bits per heavy atom. The van der Waals surface area contributed by atoms with Crippen molar-refractivity contribution in [2.45, 2.75) is 154 Å². The third kappa shape index (κ3) is 23.8. The number of aliphatic hydroxyl groups is 1. The number of esters is 2. The van der Waals surface area contributed by atoms with Crippen molar-refractivity contribution in [3.63, 3.8) is 0 Å². The zero-order valence-electron chi connectivity index (χ0n) is 65.8. The summed E-state index contributed by atoms with van der Waals surface area (Å²) >= 11 is 0. The number of cyclic esters (lactones) is 2. The molecule has 0 radical (unpaired) electrons. The topological polar surface area (TPSA) is 566 Å². The molecule has 1 fully saturated rings. The lowest BCUT2D eigenvalue weighted by atomic mass is 9.81. The minimum Gasteiger partial charge on any atom is -0.464 e. The van der Waals surface area contributed by atoms with Gasteiger partial charge in [0.2, 0.25) is 47.3 Å². The van der Waals surface area contributed by atoms with E-state index in [0.29, 0.717) is 62.3 Å². The summed E-state index contributed by atoms with van der Waals surface area (Å²) in [6.45, 7) is 7.08. The molecule has 1 unspecified atom stereocenters. The summed E-state index contributed by atoms with van der Waals surface area (Å²) in [6.07, 6.45) is -0.291. The molecule has 2 aromatic heterocycles. The minimum atomic E-state index is -4.48. The van der Waals surface area contributed by atoms with Crippen molar-refractivity contribution in [2.24, 2.45) is 22.4 Å². The van der Waals surface area contributed by atoms with Crippen LogP contribution in [0, 0.1) is 18.7 Å². The van der Waals surface area contributed by atoms with Crippen LogP contribution in [-0.4, -0.2) is 246 Å². The molecule has 0 bridgehead atoms. The van der Waals surface area contributed by atoms with E-state index in [4.69, 9.17) is 59.4 Å². The number of likely N-dealkylation sites (N-methyl/N-ethyl adjacent to an activating group) is 1. The average molecular weight is 1670 g/mol. The minimum absolute atomic E-state index is 0.0109. The highest BCUT2D eigenvalue weighted by Crippen LogP contribution is 2.46. The van der Waals surface area contributed by atoms with Crippen LogP contribution in [0.1, 0.15) is 124 Å². The zero-order chi connectivity index (χ0) is 85.7. The molecule has 5 aliphatic rings. The fourth-order valence-corrected chi connectivity index (χ4v) is 14.3. The van der Waals surface area contributed by atoms with E-state index < -0.39 is 176 Å². The SMILES string of the molecule is CCN(CC(=O)NC1CCc2c(C)c(F)cc3nc4c(c1c23)Cn1c-4cc2c(c1=O)COC(=O)[C@]2(O)CC)C(=O)OCc1ccc(NC(=O)[C@H](CCCN=C(N)N)NC(=O)[C@@H](NC(=O)[C@H](CC(=O)N[C@H]2CCOC2=O)NC(=O)CCOCCOCCOCCOCCNC(=O)[C@H](CNC(=O)CCP(=O)(O)O)N2C(=O)C=CC2=O)C(C)C)cc1. The van der Waals surface area contributed by atoms with Crippen LogP contribution in [0.25, 0.3) is 22.3 Å². The number of imide groups is 1. The van der Waals surface area contributed by atoms with Crippen LogP contribution >= 0.6 is 7.60 Å². The molecule has 1 saturated heterocycles. The van der Waals surface area contributed by atoms with Crippen molar-refractivity contribution in [2.75, 3.05) is 104 Å². The first-order chi connectivity index (χ1) is 56.2. The maximum Gasteiger partial charge on any atom is 0.410 e. The van der Waals surface area contributed by atoms with Crippen molar-refractivity contribution in [1.29, 1.82) is 0 Å². The highest BCUT2D eigenvalue weighted by Gasteiger charge is 2.47. The second-order valence-electron chi connectivity index (χ2n) is 28.7. The van der Waals surface area contributed by atoms with Gasteiger partial charge in [0.15, 0.2) is 11.6 Å². The Morgan fingerprint density at radius 2 is 1.43 bits per heavy atom. The van der Waals surface area contributed by atoms with E-state index in [1.54, 1.807) is 52.8 Å². The lowest BCUT2D eigenvalue weighted by molar-refractivity contribution is -0.172. The van der Waals surface area contributed by atoms with E-state index in [-0.39, 0.29) is 159 Å². The predicted octanol–water partition coefficient (Wildman–Crippen LogP) is -1.24. The number of amides is 11. The number of aliphatic imine (C=N–C) groups is 1. The molecule has 0 saturated carbocycles. The second-order valence-corrected chi connectivity index (χ2v) is 30.5. The molecule has 6 heterocycles. The summed E-state index contributed by atoms with van der Waals surface area (Å²) in [5.74, 6) is -10.7. The molecular weight excluding hydrogens is 1570 g/mol. The van der Waals surface area contributed by atoms with Gasteiger partial charge in [0.25, 0.3) is 17.4 Å². The van der Waals surface area contributed by atoms with Gasteiger partial charge in [0, 0.05) is 85.9 Å². The van der Waals surface area contributed by atoms with Crippen LogP contribution in [0.2, 0.25) is 0 Å². The van der Waals surface area contributed by atoms with Gasteiger partial charge in [0.1, 0.15) is 55.8 Å². The average Bonchev–Trinajstić information content (AvgIpc) is 1.50. The number of aryl methyl sites for hydroxylation is 1. The van der Waals surface area contributed by atoms with E-state index in [9.17, 15) is 76.8 Å². The Morgan fingerprint density at radius 1 is 0.763 bits per heavy atom. The summed E-state index contributed by atoms with van der Waals surface area (Å²) in [6, 6.07) is 1.60. The van der Waals surface area contributed by atoms with Gasteiger partial charge in [-0.1, -0.05) is 32.9 Å². The predicted molar refractivity (Wildman–Crippen MR) is 414 cm³/mol. The number of rotatable bonds is 44. The largest absolute Gasteiger partial charge is 0.464 e. The monoisotopic (exact) mass is 1670 g/mol. The number of hydrogen-bond acceptors (Lipinski definition) is 25. The molecule has 2 aromatic carbocycles. The van der Waals surface area contributed by atoms with Gasteiger partial charge >= 0.3 is 25.6 Å². The first-order valence-corrected chi connectivity index (χ1v) is 40.3. The van der Waals surface area contributed by atoms with Gasteiger partial charge in [-0.25, -0.2) is 23.8 Å². The lowest BCUT2D eigenvalue weighted by Gasteiger charge is -2.31. The highest BCUT2D eigenvalue weighted by molar-refractivity contribution is 7.51. The molecule has 42 heteroatoms. The Balaban J connectivity index is 0.724. The van der Waals surface area contributed by atoms with E-state index in [1.165, 1.54) is 27.7 Å². The summed E-state index contributed by atoms with van der Waals surface area (Å²) in [4.78, 5) is 215. The molecule has 9 rings (SSSR count). The number of hydrogen-bond donors (Lipinski definition) is 13. The first kappa shape index (κ1) is 90.7. The van der Waals surface area contributed by atoms with Crippen LogP contribution < -0.4 is 59.6 Å². The molecule has 1 aliphatic carbocycles. The standard InChI is InChI=1S/C76H99FN15O25P/c1-6-76(107)48-33-55-66-46(37-91(55)71(103)47(48)40-116-73(76)105)64-50(15-14-45-42(5)49(77)34-53(87-66)63(45)64)84-60(96)38-90(7-2)75(106)117-39-43-10-12-44(13-11-43)83-67(99)51(9-8-21-81-74(78)79)88-70(102)65(41(3)4)89-68(100)54(35-59(95)85-52-18-24-115-72(52)104)86-58(94)19-23-111-26-28-113-30-31-114-29-27-112-25-22-80-69(101)56(92-61(97)16-17-62(92)98)36-82-57(93)20-32-118(108,109)110/h10-13,16-17,33-34,41,50-52,54,56,65,107H,6-9,14-15,18-32,35-40H2,1-5H3,(H,80,101)(H,82,93)(H,83,99)(H,84,96)(H,85,95)(H,86,94)(H,88,102)(H,89,100)(H4,78,79,81)(H2,108,109,110)/t50?,51-,52-,54-,56-,65-,76-/m0/s1. The van der Waals surface area contributed by atoms with Crippen LogP contribution in [-0.2, 0) is 127 Å². The summed E-state index contributed by atoms with van der Waals surface area (Å²) in [5, 5.41) is 33.1. The van der Waals surface area contributed by atoms with Gasteiger partial charge in [-0.05, 0) is 92.3 Å². The van der Waals surface area contributed by atoms with Gasteiger partial charge in [-0.3, -0.25) is 72.1 Å². The van der Waals surface area contributed by atoms with Gasteiger partial charge in [-0.15, -0.1) is 0 Å². The Kier molecular flexibility index (Phi) is 32.1. The van der Waals surface area contributed by atoms with E-state index in [0.717, 1.165) is 12.2 Å². The molecule has 0 spiro atoms. The number of ether oxygens (including phenoxy) is 7. The van der Waals surface area contributed by atoms with Crippen molar-refractivity contribution in [1.82, 2.24) is 56.6 Å². The second kappa shape index (κ2) is 41.8. The number of anilines is 1. The number of pyridine rings is 2. The van der Waals surface area contributed by atoms with Crippen molar-refractivity contribution >= 4 is 107 Å². The fourth-order valence-electron chi connectivity index (χ4n) is 13.8. The molecule has 15 N–H and O–H groups in total. The number of carbonyl (C=O) groups excluding carboxylic acids is 13. The number of halogens is 1. The molecule has 118 heavy (non-hydrogen) atoms. The van der Waals surface area contributed by atoms with E-state index >= 15 is 4.39 Å². The lowest BCUT2D eigenvalue weighted by Crippen LogP contribution is -2.58. The normalized spacial score (nSPS) is 17.4. The highest BCUT2D eigenvalue weighted by atomic mass is 31.2. The number of fused-ring (bicyclic) bond motifs is 5. The number of guanidine groups is 1. The number of nitrogens with zero attached hydrogens (tertiary/aromatic N) is 5. The molecule has 4 aliphatic heterocycles. The first-order valence-electron chi connectivity index (χ1n) is 38.5. The van der Waals surface area contributed by atoms with Crippen LogP contribution in [0.4, 0.5) is 14.9 Å². The zero-order valence-corrected chi connectivity index (χ0v) is 66.7. The van der Waals surface area contributed by atoms with Crippen LogP contribution in [0.5, 0.6) is 0 Å². The fraction of sp³-hybridized carbons (Fsp3) is 0.526. The van der Waals surface area contributed by atoms with Crippen LogP contribution in [0.3, 0.4) is 0 Å². The number of carbonyl (C=O) groups is 13. The summed E-state index contributed by atoms with van der Waals surface area (Å²) < 4.78 is 66.1. The number of benzene rings is 2. The van der Waals surface area contributed by atoms with Crippen LogP contribution in [0.15, 0.2) is 58.3 Å². The Hall–Kier alpha value is -11.2. The quantitative estimate of drug-likeness (QED) is 0.00413. The number of nitrogens with one attached hydrogen (secondary N) is 8. The molecule has 7 atom stereocenters. The van der Waals surface area contributed by atoms with Crippen molar-refractivity contribution in [3.05, 3.63) is 104 Å². The maximum absolute atomic E-state index is 15.6.